The molecule has 8 aromatic rings. The third kappa shape index (κ3) is 6.92. The molecule has 1 nitrogen and oxygen atoms in total. The van der Waals surface area contributed by atoms with Crippen LogP contribution in [0, 0.1) is 0 Å². The second-order valence-electron chi connectivity index (χ2n) is 12.6. The van der Waals surface area contributed by atoms with Gasteiger partial charge in [0.2, 0.25) is 0 Å². The molecule has 0 radical (unpaired) electrons. The van der Waals surface area contributed by atoms with Crippen molar-refractivity contribution in [3.05, 3.63) is 246 Å². The highest BCUT2D eigenvalue weighted by Gasteiger charge is 2.17. The van der Waals surface area contributed by atoms with E-state index >= 15 is 0 Å². The zero-order valence-electron chi connectivity index (χ0n) is 28.3. The molecule has 0 amide bonds. The molecule has 0 aliphatic rings. The van der Waals surface area contributed by atoms with Crippen molar-refractivity contribution in [2.75, 3.05) is 4.90 Å². The van der Waals surface area contributed by atoms with Crippen LogP contribution in [0.15, 0.2) is 212 Å². The van der Waals surface area contributed by atoms with E-state index in [1.54, 1.807) is 0 Å². The third-order valence-corrected chi connectivity index (χ3v) is 9.29. The predicted molar refractivity (Wildman–Crippen MR) is 218 cm³/mol. The number of para-hydroxylation sites is 1. The number of hydrogen-bond acceptors (Lipinski definition) is 1. The zero-order chi connectivity index (χ0) is 34.2. The lowest BCUT2D eigenvalue weighted by Gasteiger charge is -2.27. The van der Waals surface area contributed by atoms with Gasteiger partial charge in [-0.05, 0) is 92.4 Å². The highest BCUT2D eigenvalue weighted by Crippen LogP contribution is 2.41. The molecule has 242 valence electrons. The van der Waals surface area contributed by atoms with Crippen molar-refractivity contribution in [3.63, 3.8) is 0 Å². The lowest BCUT2D eigenvalue weighted by Crippen LogP contribution is -2.10. The average molecular weight is 652 g/mol. The molecular formula is C50H37N. The summed E-state index contributed by atoms with van der Waals surface area (Å²) in [5, 5.41) is 2.39. The maximum atomic E-state index is 2.37. The first-order chi connectivity index (χ1) is 25.3. The molecule has 0 N–H and O–H groups in total. The summed E-state index contributed by atoms with van der Waals surface area (Å²) in [4.78, 5) is 2.37. The van der Waals surface area contributed by atoms with Gasteiger partial charge in [0.1, 0.15) is 0 Å². The third-order valence-electron chi connectivity index (χ3n) is 9.29. The van der Waals surface area contributed by atoms with Gasteiger partial charge in [-0.25, -0.2) is 0 Å². The molecule has 0 aliphatic carbocycles. The molecule has 0 aromatic heterocycles. The van der Waals surface area contributed by atoms with Crippen molar-refractivity contribution >= 4 is 51.1 Å². The van der Waals surface area contributed by atoms with Gasteiger partial charge in [-0.2, -0.15) is 0 Å². The van der Waals surface area contributed by atoms with E-state index in [-0.39, 0.29) is 0 Å². The topological polar surface area (TPSA) is 3.24 Å². The highest BCUT2D eigenvalue weighted by atomic mass is 15.1. The number of rotatable bonds is 9. The number of benzene rings is 8. The molecule has 0 unspecified atom stereocenters. The van der Waals surface area contributed by atoms with E-state index in [0.29, 0.717) is 0 Å². The van der Waals surface area contributed by atoms with Crippen molar-refractivity contribution in [2.24, 2.45) is 0 Å². The molecule has 1 heteroatoms. The number of fused-ring (bicyclic) bond motifs is 1. The molecule has 8 aromatic carbocycles. The summed E-state index contributed by atoms with van der Waals surface area (Å²) in [6.45, 7) is 0. The summed E-state index contributed by atoms with van der Waals surface area (Å²) < 4.78 is 0. The molecule has 0 saturated heterocycles. The largest absolute Gasteiger partial charge is 0.310 e. The van der Waals surface area contributed by atoms with E-state index in [9.17, 15) is 0 Å². The number of anilines is 3. The summed E-state index contributed by atoms with van der Waals surface area (Å²) in [6.07, 6.45) is 4.62. The van der Waals surface area contributed by atoms with Crippen LogP contribution in [-0.4, -0.2) is 0 Å². The summed E-state index contributed by atoms with van der Waals surface area (Å²) >= 11 is 0. The Balaban J connectivity index is 1.24. The smallest absolute Gasteiger partial charge is 0.0540 e. The molecule has 0 atom stereocenters. The first-order valence-corrected chi connectivity index (χ1v) is 17.4. The van der Waals surface area contributed by atoms with E-state index in [2.05, 4.69) is 229 Å². The maximum Gasteiger partial charge on any atom is 0.0540 e. The summed E-state index contributed by atoms with van der Waals surface area (Å²) in [6, 6.07) is 75.4. The molecule has 0 spiro atoms. The van der Waals surface area contributed by atoms with Crippen LogP contribution < -0.4 is 4.90 Å². The summed E-state index contributed by atoms with van der Waals surface area (Å²) in [5.74, 6) is 0. The van der Waals surface area contributed by atoms with Crippen LogP contribution in [0.1, 0.15) is 33.4 Å². The Morgan fingerprint density at radius 1 is 0.314 bits per heavy atom. The van der Waals surface area contributed by atoms with Crippen LogP contribution in [0.5, 0.6) is 0 Å². The van der Waals surface area contributed by atoms with Gasteiger partial charge in [0.25, 0.3) is 0 Å². The summed E-state index contributed by atoms with van der Waals surface area (Å²) in [5.41, 5.74) is 12.8. The van der Waals surface area contributed by atoms with E-state index in [1.165, 1.54) is 49.7 Å². The van der Waals surface area contributed by atoms with Crippen LogP contribution in [0.25, 0.3) is 34.1 Å². The molecule has 8 rings (SSSR count). The minimum atomic E-state index is 1.10. The fraction of sp³-hybridized carbons (Fsp3) is 0. The fourth-order valence-electron chi connectivity index (χ4n) is 6.81. The highest BCUT2D eigenvalue weighted by molar-refractivity contribution is 6.06. The van der Waals surface area contributed by atoms with Crippen LogP contribution in [-0.2, 0) is 0 Å². The predicted octanol–water partition coefficient (Wildman–Crippen LogP) is 13.5. The molecule has 0 saturated carbocycles. The molecular weight excluding hydrogens is 615 g/mol. The minimum Gasteiger partial charge on any atom is -0.310 e. The van der Waals surface area contributed by atoms with Gasteiger partial charge in [-0.3, -0.25) is 0 Å². The van der Waals surface area contributed by atoms with Crippen molar-refractivity contribution < 1.29 is 0 Å². The molecule has 0 aliphatic heterocycles. The van der Waals surface area contributed by atoms with Crippen molar-refractivity contribution in [1.82, 2.24) is 0 Å². The normalized spacial score (nSPS) is 10.7. The van der Waals surface area contributed by atoms with E-state index < -0.39 is 0 Å². The monoisotopic (exact) mass is 651 g/mol. The van der Waals surface area contributed by atoms with Gasteiger partial charge >= 0.3 is 0 Å². The van der Waals surface area contributed by atoms with Crippen LogP contribution in [0.4, 0.5) is 17.1 Å². The van der Waals surface area contributed by atoms with Gasteiger partial charge in [0.15, 0.2) is 0 Å². The standard InChI is InChI=1S/C50H37N/c1-6-18-39(19-7-1)48(40-20-8-2-9-21-40)36-38-30-33-45(34-31-38)51(44-26-14-5-15-27-44)50-35-32-43(46-28-16-17-29-47(46)50)37-49(41-22-10-3-11-23-41)42-24-12-4-13-25-42/h1-37H. The Bertz CT molecular complexity index is 2330. The van der Waals surface area contributed by atoms with Gasteiger partial charge in [0, 0.05) is 16.8 Å². The molecule has 0 fully saturated rings. The number of hydrogen-bond donors (Lipinski definition) is 0. The first-order valence-electron chi connectivity index (χ1n) is 17.4. The zero-order valence-corrected chi connectivity index (χ0v) is 28.3. The Labute approximate surface area is 300 Å². The Morgan fingerprint density at radius 3 is 1.20 bits per heavy atom. The van der Waals surface area contributed by atoms with E-state index in [4.69, 9.17) is 0 Å². The number of nitrogens with zero attached hydrogens (tertiary/aromatic N) is 1. The fourth-order valence-corrected chi connectivity index (χ4v) is 6.81. The molecule has 51 heavy (non-hydrogen) atoms. The second kappa shape index (κ2) is 14.8. The Hall–Kier alpha value is -6.70. The SMILES string of the molecule is C(=C(c1ccccc1)c1ccccc1)c1ccc(N(c2ccccc2)c2ccc(C=C(c3ccccc3)c3ccccc3)c3ccccc23)cc1. The lowest BCUT2D eigenvalue weighted by molar-refractivity contribution is 1.29. The van der Waals surface area contributed by atoms with Gasteiger partial charge < -0.3 is 4.90 Å². The van der Waals surface area contributed by atoms with Gasteiger partial charge in [0.05, 0.1) is 5.69 Å². The van der Waals surface area contributed by atoms with Gasteiger partial charge in [-0.15, -0.1) is 0 Å². The maximum absolute atomic E-state index is 2.37. The van der Waals surface area contributed by atoms with Crippen LogP contribution in [0.3, 0.4) is 0 Å². The molecule has 0 bridgehead atoms. The second-order valence-corrected chi connectivity index (χ2v) is 12.6. The van der Waals surface area contributed by atoms with Crippen molar-refractivity contribution in [1.29, 1.82) is 0 Å². The van der Waals surface area contributed by atoms with Crippen LogP contribution in [0.2, 0.25) is 0 Å². The summed E-state index contributed by atoms with van der Waals surface area (Å²) in [7, 11) is 0. The van der Waals surface area contributed by atoms with Crippen molar-refractivity contribution in [3.8, 4) is 0 Å². The first kappa shape index (κ1) is 31.6. The van der Waals surface area contributed by atoms with Gasteiger partial charge in [-0.1, -0.05) is 182 Å². The molecule has 0 heterocycles. The quantitative estimate of drug-likeness (QED) is 0.140. The minimum absolute atomic E-state index is 1.10. The Kier molecular flexibility index (Phi) is 9.17. The average Bonchev–Trinajstić information content (AvgIpc) is 3.22. The lowest BCUT2D eigenvalue weighted by atomic mass is 9.93. The van der Waals surface area contributed by atoms with Crippen LogP contribution >= 0.6 is 0 Å². The van der Waals surface area contributed by atoms with E-state index in [0.717, 1.165) is 22.6 Å². The van der Waals surface area contributed by atoms with E-state index in [1.807, 2.05) is 0 Å². The van der Waals surface area contributed by atoms with Crippen molar-refractivity contribution in [2.45, 2.75) is 0 Å². The Morgan fingerprint density at radius 2 is 0.706 bits per heavy atom.